The van der Waals surface area contributed by atoms with Crippen molar-refractivity contribution in [3.63, 3.8) is 0 Å². The number of rotatable bonds is 5. The van der Waals surface area contributed by atoms with Crippen molar-refractivity contribution < 1.29 is 26.8 Å². The van der Waals surface area contributed by atoms with Crippen molar-refractivity contribution in [2.45, 2.75) is 31.3 Å². The Morgan fingerprint density at radius 2 is 1.77 bits per heavy atom. The van der Waals surface area contributed by atoms with Crippen LogP contribution in [0.3, 0.4) is 0 Å². The van der Waals surface area contributed by atoms with Gasteiger partial charge in [-0.2, -0.15) is 0 Å². The molecule has 1 aliphatic heterocycles. The van der Waals surface area contributed by atoms with Gasteiger partial charge in [0.05, 0.1) is 28.9 Å². The number of hydrogen-bond donors (Lipinski definition) is 2. The van der Waals surface area contributed by atoms with Gasteiger partial charge in [-0.1, -0.05) is 18.2 Å². The van der Waals surface area contributed by atoms with Gasteiger partial charge in [0.25, 0.3) is 5.91 Å². The maximum absolute atomic E-state index is 13.8. The van der Waals surface area contributed by atoms with E-state index in [2.05, 4.69) is 16.4 Å². The molecule has 1 spiro atoms. The van der Waals surface area contributed by atoms with E-state index in [0.717, 1.165) is 54.1 Å². The van der Waals surface area contributed by atoms with Gasteiger partial charge in [0.2, 0.25) is 10.0 Å². The lowest BCUT2D eigenvalue weighted by Crippen LogP contribution is -2.33. The third-order valence-corrected chi connectivity index (χ3v) is 10.6. The standard InChI is InChI=1S/C36H31FN4O5S/c1-38-35(42)30-24-18-23(27(41(2)47(3,43)44)19-29(24)45-34(30)20-10-12-21(37)13-11-20)26-14-15-28-32(39-26)33-31(36(46-28)16-6-7-17-36)22-8-4-5-9-25(22)40-33/h4-5,8-15,18-19,40H,6-7,16-17H2,1-3H3,(H,38,42). The molecule has 3 aromatic carbocycles. The van der Waals surface area contributed by atoms with Gasteiger partial charge in [-0.15, -0.1) is 0 Å². The van der Waals surface area contributed by atoms with E-state index < -0.39 is 27.3 Å². The first-order chi connectivity index (χ1) is 22.6. The number of para-hydroxylation sites is 1. The number of carbonyl (C=O) groups excluding carboxylic acids is 1. The molecule has 2 N–H and O–H groups in total. The van der Waals surface area contributed by atoms with E-state index in [1.807, 2.05) is 30.3 Å². The number of sulfonamides is 1. The molecule has 0 radical (unpaired) electrons. The number of aromatic nitrogens is 2. The third kappa shape index (κ3) is 4.51. The summed E-state index contributed by atoms with van der Waals surface area (Å²) < 4.78 is 53.8. The molecule has 47 heavy (non-hydrogen) atoms. The van der Waals surface area contributed by atoms with Crippen molar-refractivity contribution in [3.05, 3.63) is 89.7 Å². The van der Waals surface area contributed by atoms with Crippen LogP contribution in [-0.2, 0) is 15.6 Å². The number of nitrogens with zero attached hydrogens (tertiary/aromatic N) is 2. The maximum atomic E-state index is 13.8. The largest absolute Gasteiger partial charge is 0.480 e. The van der Waals surface area contributed by atoms with Crippen LogP contribution in [0.15, 0.2) is 77.2 Å². The fourth-order valence-electron chi connectivity index (χ4n) is 7.14. The van der Waals surface area contributed by atoms with E-state index in [0.29, 0.717) is 44.9 Å². The van der Waals surface area contributed by atoms with Gasteiger partial charge in [-0.3, -0.25) is 9.10 Å². The summed E-state index contributed by atoms with van der Waals surface area (Å²) in [6.45, 7) is 0. The normalized spacial score (nSPS) is 15.1. The predicted octanol–water partition coefficient (Wildman–Crippen LogP) is 7.37. The molecule has 1 fully saturated rings. The minimum Gasteiger partial charge on any atom is -0.480 e. The Morgan fingerprint density at radius 1 is 1.02 bits per heavy atom. The fraction of sp³-hybridized carbons (Fsp3) is 0.222. The topological polar surface area (TPSA) is 118 Å². The summed E-state index contributed by atoms with van der Waals surface area (Å²) in [5.74, 6) is 0.0577. The number of pyridine rings is 1. The second-order valence-electron chi connectivity index (χ2n) is 12.3. The Bertz CT molecular complexity index is 2360. The average Bonchev–Trinajstić information content (AvgIpc) is 3.79. The Kier molecular flexibility index (Phi) is 6.49. The number of furan rings is 1. The van der Waals surface area contributed by atoms with E-state index in [1.165, 1.54) is 42.7 Å². The Morgan fingerprint density at radius 3 is 2.49 bits per heavy atom. The van der Waals surface area contributed by atoms with Crippen LogP contribution < -0.4 is 14.4 Å². The van der Waals surface area contributed by atoms with Crippen molar-refractivity contribution in [2.75, 3.05) is 24.7 Å². The molecule has 3 aromatic heterocycles. The molecule has 1 amide bonds. The lowest BCUT2D eigenvalue weighted by atomic mass is 9.86. The second kappa shape index (κ2) is 10.4. The van der Waals surface area contributed by atoms with Gasteiger partial charge in [0.1, 0.15) is 34.2 Å². The molecule has 0 saturated heterocycles. The molecule has 9 nitrogen and oxygen atoms in total. The highest BCUT2D eigenvalue weighted by molar-refractivity contribution is 7.92. The minimum atomic E-state index is -3.72. The molecule has 0 atom stereocenters. The molecule has 1 saturated carbocycles. The summed E-state index contributed by atoms with van der Waals surface area (Å²) in [6.07, 6.45) is 5.07. The lowest BCUT2D eigenvalue weighted by Gasteiger charge is -2.36. The first-order valence-corrected chi connectivity index (χ1v) is 17.3. The maximum Gasteiger partial charge on any atom is 0.255 e. The van der Waals surface area contributed by atoms with Crippen LogP contribution in [0.4, 0.5) is 10.1 Å². The van der Waals surface area contributed by atoms with Gasteiger partial charge >= 0.3 is 0 Å². The van der Waals surface area contributed by atoms with Crippen LogP contribution in [0, 0.1) is 5.82 Å². The number of H-pyrrole nitrogens is 1. The van der Waals surface area contributed by atoms with E-state index in [1.54, 1.807) is 12.1 Å². The molecule has 8 rings (SSSR count). The number of nitrogens with one attached hydrogen (secondary N) is 2. The zero-order valence-corrected chi connectivity index (χ0v) is 26.8. The van der Waals surface area contributed by atoms with Crippen LogP contribution in [0.5, 0.6) is 5.75 Å². The van der Waals surface area contributed by atoms with Crippen LogP contribution in [0.2, 0.25) is 0 Å². The van der Waals surface area contributed by atoms with E-state index in [4.69, 9.17) is 14.1 Å². The van der Waals surface area contributed by atoms with Crippen molar-refractivity contribution in [1.29, 1.82) is 0 Å². The smallest absolute Gasteiger partial charge is 0.255 e. The van der Waals surface area contributed by atoms with Gasteiger partial charge in [-0.25, -0.2) is 17.8 Å². The Balaban J connectivity index is 1.38. The summed E-state index contributed by atoms with van der Waals surface area (Å²) in [6, 6.07) is 20.9. The van der Waals surface area contributed by atoms with Gasteiger partial charge < -0.3 is 19.5 Å². The molecular weight excluding hydrogens is 619 g/mol. The number of fused-ring (bicyclic) bond motifs is 7. The van der Waals surface area contributed by atoms with Gasteiger partial charge in [0, 0.05) is 53.1 Å². The number of aromatic amines is 1. The quantitative estimate of drug-likeness (QED) is 0.201. The lowest BCUT2D eigenvalue weighted by molar-refractivity contribution is 0.0721. The van der Waals surface area contributed by atoms with Crippen molar-refractivity contribution in [1.82, 2.24) is 15.3 Å². The summed E-state index contributed by atoms with van der Waals surface area (Å²) in [7, 11) is -0.744. The minimum absolute atomic E-state index is 0.237. The molecular formula is C36H31FN4O5S. The number of halogens is 1. The van der Waals surface area contributed by atoms with E-state index in [9.17, 15) is 17.6 Å². The highest BCUT2D eigenvalue weighted by atomic mass is 32.2. The predicted molar refractivity (Wildman–Crippen MR) is 180 cm³/mol. The van der Waals surface area contributed by atoms with Crippen LogP contribution in [0.1, 0.15) is 41.6 Å². The highest BCUT2D eigenvalue weighted by Gasteiger charge is 2.46. The molecule has 2 aliphatic rings. The zero-order valence-electron chi connectivity index (χ0n) is 26.0. The molecule has 11 heteroatoms. The molecule has 4 heterocycles. The van der Waals surface area contributed by atoms with Crippen molar-refractivity contribution >= 4 is 43.5 Å². The number of benzene rings is 3. The Hall–Kier alpha value is -5.16. The summed E-state index contributed by atoms with van der Waals surface area (Å²) in [4.78, 5) is 22.1. The van der Waals surface area contributed by atoms with Gasteiger partial charge in [-0.05, 0) is 74.2 Å². The molecule has 6 aromatic rings. The third-order valence-electron chi connectivity index (χ3n) is 9.45. The average molecular weight is 651 g/mol. The molecule has 238 valence electrons. The second-order valence-corrected chi connectivity index (χ2v) is 14.3. The number of ether oxygens (including phenoxy) is 1. The summed E-state index contributed by atoms with van der Waals surface area (Å²) in [5.41, 5.74) is 5.48. The van der Waals surface area contributed by atoms with E-state index >= 15 is 0 Å². The SMILES string of the molecule is CNC(=O)c1c(-c2ccc(F)cc2)oc2cc(N(C)S(C)(=O)=O)c(-c3ccc4c(n3)-c3[nH]c5ccccc5c3C3(CCCC3)O4)cc12. The number of carbonyl (C=O) groups is 1. The zero-order chi connectivity index (χ0) is 32.7. The number of amides is 1. The van der Waals surface area contributed by atoms with Gasteiger partial charge in [0.15, 0.2) is 0 Å². The number of anilines is 1. The van der Waals surface area contributed by atoms with Crippen LogP contribution in [-0.4, -0.2) is 44.6 Å². The number of hydrogen-bond acceptors (Lipinski definition) is 6. The van der Waals surface area contributed by atoms with Crippen LogP contribution >= 0.6 is 0 Å². The molecule has 0 unspecified atom stereocenters. The van der Waals surface area contributed by atoms with E-state index in [-0.39, 0.29) is 11.3 Å². The summed E-state index contributed by atoms with van der Waals surface area (Å²) in [5, 5.41) is 4.23. The monoisotopic (exact) mass is 650 g/mol. The van der Waals surface area contributed by atoms with Crippen LogP contribution in [0.25, 0.3) is 55.8 Å². The first-order valence-electron chi connectivity index (χ1n) is 15.4. The fourth-order valence-corrected chi connectivity index (χ4v) is 7.65. The highest BCUT2D eigenvalue weighted by Crippen LogP contribution is 2.54. The molecule has 1 aliphatic carbocycles. The van der Waals surface area contributed by atoms with Crippen molar-refractivity contribution in [3.8, 4) is 39.7 Å². The van der Waals surface area contributed by atoms with Crippen molar-refractivity contribution in [2.24, 2.45) is 0 Å². The molecule has 0 bridgehead atoms. The first kappa shape index (κ1) is 29.3. The summed E-state index contributed by atoms with van der Waals surface area (Å²) >= 11 is 0. The Labute approximate surface area is 270 Å².